The van der Waals surface area contributed by atoms with Crippen LogP contribution in [0.15, 0.2) is 24.3 Å². The number of rotatable bonds is 5. The molecule has 0 bridgehead atoms. The third-order valence-electron chi connectivity index (χ3n) is 3.89. The number of ketones is 1. The van der Waals surface area contributed by atoms with Gasteiger partial charge in [-0.2, -0.15) is 0 Å². The molecule has 110 valence electrons. The average molecular weight is 276 g/mol. The molecular weight excluding hydrogens is 252 g/mol. The first-order chi connectivity index (χ1) is 9.55. The van der Waals surface area contributed by atoms with Gasteiger partial charge in [0.2, 0.25) is 0 Å². The first kappa shape index (κ1) is 15.0. The van der Waals surface area contributed by atoms with Crippen LogP contribution in [-0.2, 0) is 0 Å². The van der Waals surface area contributed by atoms with Crippen molar-refractivity contribution in [2.24, 2.45) is 0 Å². The molecule has 20 heavy (non-hydrogen) atoms. The quantitative estimate of drug-likeness (QED) is 0.835. The largest absolute Gasteiger partial charge is 0.494 e. The predicted molar refractivity (Wildman–Crippen MR) is 80.5 cm³/mol. The summed E-state index contributed by atoms with van der Waals surface area (Å²) in [5.41, 5.74) is 0.284. The fourth-order valence-corrected chi connectivity index (χ4v) is 2.59. The third-order valence-corrected chi connectivity index (χ3v) is 3.89. The number of nitrogens with one attached hydrogen (secondary N) is 1. The zero-order valence-corrected chi connectivity index (χ0v) is 12.6. The van der Waals surface area contributed by atoms with Crippen LogP contribution in [0.5, 0.6) is 5.75 Å². The maximum atomic E-state index is 12.7. The van der Waals surface area contributed by atoms with E-state index < -0.39 is 5.54 Å². The zero-order valence-electron chi connectivity index (χ0n) is 12.6. The van der Waals surface area contributed by atoms with Crippen LogP contribution in [-0.4, -0.2) is 49.0 Å². The van der Waals surface area contributed by atoms with Gasteiger partial charge in [0, 0.05) is 31.7 Å². The van der Waals surface area contributed by atoms with Crippen LogP contribution in [0.25, 0.3) is 0 Å². The highest BCUT2D eigenvalue weighted by Gasteiger charge is 2.35. The number of piperazine rings is 1. The van der Waals surface area contributed by atoms with Gasteiger partial charge in [0.15, 0.2) is 5.78 Å². The molecular formula is C16H24N2O2. The van der Waals surface area contributed by atoms with Crippen LogP contribution >= 0.6 is 0 Å². The molecule has 2 rings (SSSR count). The second-order valence-electron chi connectivity index (χ2n) is 5.58. The molecule has 1 aromatic rings. The van der Waals surface area contributed by atoms with Crippen LogP contribution in [0, 0.1) is 0 Å². The van der Waals surface area contributed by atoms with Crippen molar-refractivity contribution in [3.8, 4) is 5.75 Å². The molecule has 1 saturated heterocycles. The standard InChI is InChI=1S/C16H24N2O2/c1-4-20-14-7-5-13(6-8-14)15(19)16(2,3)18-11-9-17-10-12-18/h5-8,17H,4,9-12H2,1-3H3. The Bertz CT molecular complexity index is 448. The molecule has 0 aliphatic carbocycles. The average Bonchev–Trinajstić information content (AvgIpc) is 2.48. The second kappa shape index (κ2) is 6.37. The second-order valence-corrected chi connectivity index (χ2v) is 5.58. The molecule has 0 spiro atoms. The van der Waals surface area contributed by atoms with E-state index in [-0.39, 0.29) is 5.78 Å². The molecule has 1 aromatic carbocycles. The molecule has 0 saturated carbocycles. The highest BCUT2D eigenvalue weighted by atomic mass is 16.5. The highest BCUT2D eigenvalue weighted by Crippen LogP contribution is 2.22. The Morgan fingerprint density at radius 2 is 1.85 bits per heavy atom. The van der Waals surface area contributed by atoms with Crippen LogP contribution in [0.4, 0.5) is 0 Å². The summed E-state index contributed by atoms with van der Waals surface area (Å²) in [5, 5.41) is 3.32. The lowest BCUT2D eigenvalue weighted by Crippen LogP contribution is -2.57. The number of nitrogens with zero attached hydrogens (tertiary/aromatic N) is 1. The van der Waals surface area contributed by atoms with Crippen LogP contribution in [0.2, 0.25) is 0 Å². The molecule has 4 nitrogen and oxygen atoms in total. The Balaban J connectivity index is 2.12. The molecule has 0 atom stereocenters. The van der Waals surface area contributed by atoms with E-state index in [2.05, 4.69) is 10.2 Å². The van der Waals surface area contributed by atoms with Crippen LogP contribution in [0.1, 0.15) is 31.1 Å². The smallest absolute Gasteiger partial charge is 0.182 e. The van der Waals surface area contributed by atoms with E-state index in [1.165, 1.54) is 0 Å². The molecule has 0 unspecified atom stereocenters. The van der Waals surface area contributed by atoms with Gasteiger partial charge < -0.3 is 10.1 Å². The SMILES string of the molecule is CCOc1ccc(C(=O)C(C)(C)N2CCNCC2)cc1. The van der Waals surface area contributed by atoms with Crippen LogP contribution < -0.4 is 10.1 Å². The number of carbonyl (C=O) groups excluding carboxylic acids is 1. The van der Waals surface area contributed by atoms with E-state index in [0.29, 0.717) is 6.61 Å². The summed E-state index contributed by atoms with van der Waals surface area (Å²) < 4.78 is 5.41. The summed E-state index contributed by atoms with van der Waals surface area (Å²) in [6.45, 7) is 10.3. The van der Waals surface area contributed by atoms with E-state index in [9.17, 15) is 4.79 Å². The van der Waals surface area contributed by atoms with E-state index in [1.807, 2.05) is 45.0 Å². The summed E-state index contributed by atoms with van der Waals surface area (Å²) >= 11 is 0. The van der Waals surface area contributed by atoms with Gasteiger partial charge in [-0.3, -0.25) is 9.69 Å². The number of hydrogen-bond donors (Lipinski definition) is 1. The minimum absolute atomic E-state index is 0.169. The number of carbonyl (C=O) groups is 1. The maximum absolute atomic E-state index is 12.7. The van der Waals surface area contributed by atoms with Gasteiger partial charge in [0.25, 0.3) is 0 Å². The van der Waals surface area contributed by atoms with Gasteiger partial charge in [-0.05, 0) is 45.0 Å². The Morgan fingerprint density at radius 3 is 2.40 bits per heavy atom. The molecule has 1 aliphatic rings. The fourth-order valence-electron chi connectivity index (χ4n) is 2.59. The van der Waals surface area contributed by atoms with E-state index in [1.54, 1.807) is 0 Å². The van der Waals surface area contributed by atoms with E-state index in [0.717, 1.165) is 37.5 Å². The van der Waals surface area contributed by atoms with Gasteiger partial charge in [0.05, 0.1) is 12.1 Å². The van der Waals surface area contributed by atoms with Gasteiger partial charge in [-0.25, -0.2) is 0 Å². The Hall–Kier alpha value is -1.39. The van der Waals surface area contributed by atoms with Crippen molar-refractivity contribution in [1.82, 2.24) is 10.2 Å². The summed E-state index contributed by atoms with van der Waals surface area (Å²) in [7, 11) is 0. The predicted octanol–water partition coefficient (Wildman–Crippen LogP) is 1.95. The first-order valence-electron chi connectivity index (χ1n) is 7.29. The van der Waals surface area contributed by atoms with Crippen LogP contribution in [0.3, 0.4) is 0 Å². The van der Waals surface area contributed by atoms with Gasteiger partial charge in [-0.1, -0.05) is 0 Å². The molecule has 1 N–H and O–H groups in total. The van der Waals surface area contributed by atoms with Gasteiger partial charge >= 0.3 is 0 Å². The summed E-state index contributed by atoms with van der Waals surface area (Å²) in [4.78, 5) is 15.0. The molecule has 4 heteroatoms. The van der Waals surface area contributed by atoms with Crippen molar-refractivity contribution in [1.29, 1.82) is 0 Å². The lowest BCUT2D eigenvalue weighted by Gasteiger charge is -2.40. The Labute approximate surface area is 121 Å². The van der Waals surface area contributed by atoms with Crippen molar-refractivity contribution in [2.45, 2.75) is 26.3 Å². The highest BCUT2D eigenvalue weighted by molar-refractivity contribution is 6.02. The lowest BCUT2D eigenvalue weighted by atomic mass is 9.90. The lowest BCUT2D eigenvalue weighted by molar-refractivity contribution is 0.0602. The zero-order chi connectivity index (χ0) is 14.6. The molecule has 0 amide bonds. The molecule has 0 aromatic heterocycles. The van der Waals surface area contributed by atoms with Gasteiger partial charge in [-0.15, -0.1) is 0 Å². The molecule has 1 heterocycles. The number of hydrogen-bond acceptors (Lipinski definition) is 4. The normalized spacial score (nSPS) is 16.9. The Morgan fingerprint density at radius 1 is 1.25 bits per heavy atom. The minimum Gasteiger partial charge on any atom is -0.494 e. The molecule has 1 aliphatic heterocycles. The number of benzene rings is 1. The summed E-state index contributed by atoms with van der Waals surface area (Å²) in [6, 6.07) is 7.45. The fraction of sp³-hybridized carbons (Fsp3) is 0.562. The third kappa shape index (κ3) is 3.19. The summed E-state index contributed by atoms with van der Waals surface area (Å²) in [5.74, 6) is 0.978. The number of ether oxygens (including phenoxy) is 1. The maximum Gasteiger partial charge on any atom is 0.182 e. The topological polar surface area (TPSA) is 41.6 Å². The molecule has 1 fully saturated rings. The van der Waals surface area contributed by atoms with E-state index in [4.69, 9.17) is 4.74 Å². The van der Waals surface area contributed by atoms with Crippen molar-refractivity contribution in [3.05, 3.63) is 29.8 Å². The van der Waals surface area contributed by atoms with Crippen molar-refractivity contribution >= 4 is 5.78 Å². The van der Waals surface area contributed by atoms with Gasteiger partial charge in [0.1, 0.15) is 5.75 Å². The van der Waals surface area contributed by atoms with Crippen molar-refractivity contribution in [2.75, 3.05) is 32.8 Å². The summed E-state index contributed by atoms with van der Waals surface area (Å²) in [6.07, 6.45) is 0. The van der Waals surface area contributed by atoms with Crippen molar-refractivity contribution in [3.63, 3.8) is 0 Å². The number of Topliss-reactive ketones (excluding diaryl/α,β-unsaturated/α-hetero) is 1. The first-order valence-corrected chi connectivity index (χ1v) is 7.29. The minimum atomic E-state index is -0.463. The molecule has 0 radical (unpaired) electrons. The van der Waals surface area contributed by atoms with Crippen molar-refractivity contribution < 1.29 is 9.53 Å². The van der Waals surface area contributed by atoms with E-state index >= 15 is 0 Å². The monoisotopic (exact) mass is 276 g/mol. The Kier molecular flexibility index (Phi) is 4.78.